The Morgan fingerprint density at radius 2 is 2.00 bits per heavy atom. The van der Waals surface area contributed by atoms with Crippen LogP contribution in [0.25, 0.3) is 0 Å². The van der Waals surface area contributed by atoms with E-state index in [0.717, 1.165) is 13.0 Å². The van der Waals surface area contributed by atoms with Gasteiger partial charge in [0.1, 0.15) is 0 Å². The van der Waals surface area contributed by atoms with Gasteiger partial charge < -0.3 is 15.0 Å². The second kappa shape index (κ2) is 9.53. The molecular formula is C15H24N2O2. The highest BCUT2D eigenvalue weighted by Crippen LogP contribution is 2.03. The molecule has 19 heavy (non-hydrogen) atoms. The van der Waals surface area contributed by atoms with Gasteiger partial charge in [0.2, 0.25) is 5.91 Å². The van der Waals surface area contributed by atoms with E-state index >= 15 is 0 Å². The molecule has 0 aliphatic heterocycles. The van der Waals surface area contributed by atoms with Crippen molar-refractivity contribution >= 4 is 5.91 Å². The summed E-state index contributed by atoms with van der Waals surface area (Å²) in [6, 6.07) is 10.2. The van der Waals surface area contributed by atoms with Crippen molar-refractivity contribution in [3.8, 4) is 0 Å². The summed E-state index contributed by atoms with van der Waals surface area (Å²) in [6.45, 7) is 2.70. The maximum atomic E-state index is 12.1. The Bertz CT molecular complexity index is 354. The van der Waals surface area contributed by atoms with Crippen molar-refractivity contribution in [2.45, 2.75) is 12.8 Å². The molecular weight excluding hydrogens is 240 g/mol. The van der Waals surface area contributed by atoms with E-state index in [9.17, 15) is 4.79 Å². The van der Waals surface area contributed by atoms with Crippen molar-refractivity contribution in [1.82, 2.24) is 10.2 Å². The molecule has 1 aromatic rings. The van der Waals surface area contributed by atoms with Crippen LogP contribution in [0.4, 0.5) is 0 Å². The van der Waals surface area contributed by atoms with Crippen molar-refractivity contribution in [1.29, 1.82) is 0 Å². The number of nitrogens with zero attached hydrogens (tertiary/aromatic N) is 1. The summed E-state index contributed by atoms with van der Waals surface area (Å²) < 4.78 is 5.07. The molecule has 0 unspecified atom stereocenters. The molecule has 0 fully saturated rings. The van der Waals surface area contributed by atoms with Crippen LogP contribution in [0.5, 0.6) is 0 Å². The number of hydrogen-bond donors (Lipinski definition) is 1. The molecule has 1 rings (SSSR count). The van der Waals surface area contributed by atoms with Gasteiger partial charge in [0.15, 0.2) is 0 Å². The lowest BCUT2D eigenvalue weighted by Crippen LogP contribution is -2.36. The largest absolute Gasteiger partial charge is 0.383 e. The topological polar surface area (TPSA) is 41.6 Å². The number of carbonyl (C=O) groups is 1. The molecule has 0 bridgehead atoms. The van der Waals surface area contributed by atoms with Gasteiger partial charge in [-0.2, -0.15) is 0 Å². The smallest absolute Gasteiger partial charge is 0.223 e. The fraction of sp³-hybridized carbons (Fsp3) is 0.533. The number of benzene rings is 1. The van der Waals surface area contributed by atoms with Crippen molar-refractivity contribution in [2.24, 2.45) is 0 Å². The molecule has 1 aromatic carbocycles. The Hall–Kier alpha value is -1.39. The van der Waals surface area contributed by atoms with E-state index < -0.39 is 0 Å². The third kappa shape index (κ3) is 6.36. The van der Waals surface area contributed by atoms with Gasteiger partial charge in [-0.15, -0.1) is 0 Å². The first-order valence-electron chi connectivity index (χ1n) is 6.73. The van der Waals surface area contributed by atoms with E-state index in [1.807, 2.05) is 30.1 Å². The first-order valence-corrected chi connectivity index (χ1v) is 6.73. The highest BCUT2D eigenvalue weighted by Gasteiger charge is 2.12. The third-order valence-electron chi connectivity index (χ3n) is 3.02. The highest BCUT2D eigenvalue weighted by molar-refractivity contribution is 5.76. The monoisotopic (exact) mass is 264 g/mol. The number of nitrogens with one attached hydrogen (secondary N) is 1. The lowest BCUT2D eigenvalue weighted by atomic mass is 10.1. The fourth-order valence-electron chi connectivity index (χ4n) is 1.86. The van der Waals surface area contributed by atoms with E-state index in [1.165, 1.54) is 5.56 Å². The minimum absolute atomic E-state index is 0.183. The predicted octanol–water partition coefficient (Wildman–Crippen LogP) is 1.31. The van der Waals surface area contributed by atoms with E-state index in [-0.39, 0.29) is 5.91 Å². The average Bonchev–Trinajstić information content (AvgIpc) is 2.46. The summed E-state index contributed by atoms with van der Waals surface area (Å²) in [6.07, 6.45) is 1.42. The molecule has 0 spiro atoms. The molecule has 0 radical (unpaired) electrons. The summed E-state index contributed by atoms with van der Waals surface area (Å²) in [5.74, 6) is 0.183. The zero-order valence-electron chi connectivity index (χ0n) is 11.9. The summed E-state index contributed by atoms with van der Waals surface area (Å²) in [7, 11) is 3.52. The Balaban J connectivity index is 2.46. The molecule has 0 atom stereocenters. The van der Waals surface area contributed by atoms with Gasteiger partial charge in [-0.05, 0) is 19.0 Å². The van der Waals surface area contributed by atoms with Crippen molar-refractivity contribution in [2.75, 3.05) is 40.4 Å². The molecule has 0 aliphatic rings. The normalized spacial score (nSPS) is 10.4. The molecule has 106 valence electrons. The second-order valence-corrected chi connectivity index (χ2v) is 4.46. The minimum Gasteiger partial charge on any atom is -0.383 e. The van der Waals surface area contributed by atoms with Crippen LogP contribution in [0.1, 0.15) is 12.0 Å². The van der Waals surface area contributed by atoms with Gasteiger partial charge in [0.05, 0.1) is 6.61 Å². The zero-order valence-corrected chi connectivity index (χ0v) is 11.9. The molecule has 0 saturated heterocycles. The fourth-order valence-corrected chi connectivity index (χ4v) is 1.86. The Morgan fingerprint density at radius 1 is 1.26 bits per heavy atom. The van der Waals surface area contributed by atoms with Gasteiger partial charge in [0, 0.05) is 33.2 Å². The molecule has 1 N–H and O–H groups in total. The van der Waals surface area contributed by atoms with Crippen LogP contribution in [-0.2, 0) is 16.0 Å². The molecule has 4 nitrogen and oxygen atoms in total. The van der Waals surface area contributed by atoms with Crippen LogP contribution < -0.4 is 5.32 Å². The van der Waals surface area contributed by atoms with Gasteiger partial charge in [-0.25, -0.2) is 0 Å². The standard InChI is InChI=1S/C15H24N2O2/c1-16-10-8-15(18)17(12-13-19-2)11-9-14-6-4-3-5-7-14/h3-7,16H,8-13H2,1-2H3. The van der Waals surface area contributed by atoms with Crippen molar-refractivity contribution < 1.29 is 9.53 Å². The van der Waals surface area contributed by atoms with Crippen molar-refractivity contribution in [3.63, 3.8) is 0 Å². The van der Waals surface area contributed by atoms with Crippen LogP contribution in [0, 0.1) is 0 Å². The summed E-state index contributed by atoms with van der Waals surface area (Å²) in [5, 5.41) is 3.00. The van der Waals surface area contributed by atoms with E-state index in [4.69, 9.17) is 4.74 Å². The molecule has 1 amide bonds. The number of carbonyl (C=O) groups excluding carboxylic acids is 1. The van der Waals surface area contributed by atoms with Gasteiger partial charge in [0.25, 0.3) is 0 Å². The molecule has 4 heteroatoms. The summed E-state index contributed by atoms with van der Waals surface area (Å²) in [5.41, 5.74) is 1.26. The van der Waals surface area contributed by atoms with E-state index in [0.29, 0.717) is 26.1 Å². The Kier molecular flexibility index (Phi) is 7.86. The van der Waals surface area contributed by atoms with Crippen LogP contribution in [0.15, 0.2) is 30.3 Å². The molecule has 0 aliphatic carbocycles. The van der Waals surface area contributed by atoms with Crippen molar-refractivity contribution in [3.05, 3.63) is 35.9 Å². The Morgan fingerprint density at radius 3 is 2.63 bits per heavy atom. The third-order valence-corrected chi connectivity index (χ3v) is 3.02. The number of amides is 1. The van der Waals surface area contributed by atoms with E-state index in [1.54, 1.807) is 7.11 Å². The first kappa shape index (κ1) is 15.7. The number of hydrogen-bond acceptors (Lipinski definition) is 3. The van der Waals surface area contributed by atoms with Crippen LogP contribution in [0.2, 0.25) is 0 Å². The van der Waals surface area contributed by atoms with Gasteiger partial charge in [-0.1, -0.05) is 30.3 Å². The SMILES string of the molecule is CNCCC(=O)N(CCOC)CCc1ccccc1. The van der Waals surface area contributed by atoms with Crippen LogP contribution >= 0.6 is 0 Å². The number of rotatable bonds is 9. The maximum absolute atomic E-state index is 12.1. The predicted molar refractivity (Wildman–Crippen MR) is 77.1 cm³/mol. The number of ether oxygens (including phenoxy) is 1. The van der Waals surface area contributed by atoms with Crippen LogP contribution in [0.3, 0.4) is 0 Å². The van der Waals surface area contributed by atoms with Gasteiger partial charge >= 0.3 is 0 Å². The van der Waals surface area contributed by atoms with Gasteiger partial charge in [-0.3, -0.25) is 4.79 Å². The Labute approximate surface area is 115 Å². The summed E-state index contributed by atoms with van der Waals surface area (Å²) in [4.78, 5) is 13.9. The highest BCUT2D eigenvalue weighted by atomic mass is 16.5. The molecule has 0 saturated carbocycles. The quantitative estimate of drug-likeness (QED) is 0.731. The average molecular weight is 264 g/mol. The second-order valence-electron chi connectivity index (χ2n) is 4.46. The first-order chi connectivity index (χ1) is 9.27. The summed E-state index contributed by atoms with van der Waals surface area (Å²) >= 11 is 0. The minimum atomic E-state index is 0.183. The lowest BCUT2D eigenvalue weighted by molar-refractivity contribution is -0.131. The maximum Gasteiger partial charge on any atom is 0.223 e. The molecule has 0 aromatic heterocycles. The zero-order chi connectivity index (χ0) is 13.9. The van der Waals surface area contributed by atoms with E-state index in [2.05, 4.69) is 17.4 Å². The molecule has 0 heterocycles. The van der Waals surface area contributed by atoms with Crippen LogP contribution in [-0.4, -0.2) is 51.2 Å². The number of methoxy groups -OCH3 is 1. The lowest BCUT2D eigenvalue weighted by Gasteiger charge is -2.22.